The van der Waals surface area contributed by atoms with E-state index in [-0.39, 0.29) is 12.5 Å². The van der Waals surface area contributed by atoms with Gasteiger partial charge in [0.25, 0.3) is 5.91 Å². The van der Waals surface area contributed by atoms with E-state index in [1.54, 1.807) is 36.4 Å². The number of oxazole rings is 1. The molecule has 7 heteroatoms. The van der Waals surface area contributed by atoms with Gasteiger partial charge < -0.3 is 14.5 Å². The van der Waals surface area contributed by atoms with Gasteiger partial charge in [0.05, 0.1) is 10.6 Å². The van der Waals surface area contributed by atoms with Crippen molar-refractivity contribution in [3.05, 3.63) is 76.3 Å². The number of ether oxygens (including phenoxy) is 1. The molecule has 0 saturated carbocycles. The molecule has 1 aromatic heterocycles. The molecule has 5 nitrogen and oxygen atoms in total. The van der Waals surface area contributed by atoms with Crippen LogP contribution in [0.3, 0.4) is 0 Å². The minimum atomic E-state index is -0.267. The molecule has 1 unspecified atom stereocenters. The highest BCUT2D eigenvalue weighted by Gasteiger charge is 2.13. The number of carbonyl (C=O) groups is 1. The summed E-state index contributed by atoms with van der Waals surface area (Å²) < 4.78 is 11.4. The summed E-state index contributed by atoms with van der Waals surface area (Å²) in [7, 11) is 0. The van der Waals surface area contributed by atoms with Crippen molar-refractivity contribution in [2.45, 2.75) is 26.2 Å². The first-order chi connectivity index (χ1) is 15.4. The van der Waals surface area contributed by atoms with E-state index in [0.717, 1.165) is 6.42 Å². The largest absolute Gasteiger partial charge is 0.484 e. The average molecular weight is 469 g/mol. The van der Waals surface area contributed by atoms with Crippen molar-refractivity contribution in [2.75, 3.05) is 11.9 Å². The first kappa shape index (κ1) is 22.2. The van der Waals surface area contributed by atoms with E-state index in [4.69, 9.17) is 32.4 Å². The molecule has 0 fully saturated rings. The lowest BCUT2D eigenvalue weighted by Gasteiger charge is -2.11. The number of rotatable bonds is 7. The molecular weight excluding hydrogens is 447 g/mol. The van der Waals surface area contributed by atoms with Gasteiger partial charge in [0.2, 0.25) is 5.89 Å². The molecule has 0 bridgehead atoms. The summed E-state index contributed by atoms with van der Waals surface area (Å²) in [5.74, 6) is 1.24. The van der Waals surface area contributed by atoms with E-state index in [0.29, 0.717) is 50.0 Å². The maximum absolute atomic E-state index is 12.3. The Morgan fingerprint density at radius 3 is 2.62 bits per heavy atom. The van der Waals surface area contributed by atoms with Crippen LogP contribution in [0.5, 0.6) is 5.75 Å². The maximum Gasteiger partial charge on any atom is 0.262 e. The van der Waals surface area contributed by atoms with Gasteiger partial charge in [0.15, 0.2) is 12.2 Å². The summed E-state index contributed by atoms with van der Waals surface area (Å²) in [6, 6.07) is 18.2. The highest BCUT2D eigenvalue weighted by molar-refractivity contribution is 6.35. The highest BCUT2D eigenvalue weighted by atomic mass is 35.5. The minimum Gasteiger partial charge on any atom is -0.484 e. The van der Waals surface area contributed by atoms with Crippen molar-refractivity contribution in [3.8, 4) is 17.2 Å². The van der Waals surface area contributed by atoms with Crippen LogP contribution >= 0.6 is 23.2 Å². The fraction of sp³-hybridized carbons (Fsp3) is 0.200. The van der Waals surface area contributed by atoms with Crippen molar-refractivity contribution >= 4 is 45.9 Å². The highest BCUT2D eigenvalue weighted by Crippen LogP contribution is 2.32. The zero-order valence-electron chi connectivity index (χ0n) is 17.7. The lowest BCUT2D eigenvalue weighted by atomic mass is 9.99. The molecule has 32 heavy (non-hydrogen) atoms. The van der Waals surface area contributed by atoms with Crippen LogP contribution in [0.1, 0.15) is 31.7 Å². The van der Waals surface area contributed by atoms with Gasteiger partial charge in [0, 0.05) is 10.7 Å². The number of benzene rings is 3. The molecule has 0 aliphatic carbocycles. The third-order valence-electron chi connectivity index (χ3n) is 5.26. The summed E-state index contributed by atoms with van der Waals surface area (Å²) in [4.78, 5) is 16.8. The second-order valence-electron chi connectivity index (χ2n) is 7.54. The fourth-order valence-electron chi connectivity index (χ4n) is 3.26. The van der Waals surface area contributed by atoms with Crippen LogP contribution in [-0.2, 0) is 4.79 Å². The molecule has 1 N–H and O–H groups in total. The number of nitrogens with zero attached hydrogens (tertiary/aromatic N) is 1. The van der Waals surface area contributed by atoms with Crippen LogP contribution in [0.25, 0.3) is 22.6 Å². The van der Waals surface area contributed by atoms with Crippen molar-refractivity contribution in [2.24, 2.45) is 0 Å². The Hall–Kier alpha value is -3.02. The molecule has 3 aromatic carbocycles. The van der Waals surface area contributed by atoms with Crippen molar-refractivity contribution in [1.82, 2.24) is 4.98 Å². The maximum atomic E-state index is 12.3. The smallest absolute Gasteiger partial charge is 0.262 e. The summed E-state index contributed by atoms with van der Waals surface area (Å²) in [6.07, 6.45) is 1.08. The molecule has 0 radical (unpaired) electrons. The fourth-order valence-corrected chi connectivity index (χ4v) is 3.63. The first-order valence-electron chi connectivity index (χ1n) is 10.3. The molecule has 0 saturated heterocycles. The number of fused-ring (bicyclic) bond motifs is 1. The third kappa shape index (κ3) is 5.06. The minimum absolute atomic E-state index is 0.0943. The molecule has 0 aliphatic rings. The van der Waals surface area contributed by atoms with Gasteiger partial charge >= 0.3 is 0 Å². The summed E-state index contributed by atoms with van der Waals surface area (Å²) in [5, 5.41) is 3.85. The molecular formula is C25H22Cl2N2O3. The van der Waals surface area contributed by atoms with Gasteiger partial charge in [-0.25, -0.2) is 4.98 Å². The average Bonchev–Trinajstić information content (AvgIpc) is 3.22. The predicted molar refractivity (Wildman–Crippen MR) is 129 cm³/mol. The van der Waals surface area contributed by atoms with E-state index in [1.807, 2.05) is 24.3 Å². The monoisotopic (exact) mass is 468 g/mol. The Kier molecular flexibility index (Phi) is 6.68. The molecule has 0 spiro atoms. The van der Waals surface area contributed by atoms with Crippen LogP contribution in [0.4, 0.5) is 5.69 Å². The van der Waals surface area contributed by atoms with E-state index < -0.39 is 0 Å². The third-order valence-corrected chi connectivity index (χ3v) is 5.83. The van der Waals surface area contributed by atoms with Crippen LogP contribution in [0.2, 0.25) is 10.0 Å². The Bertz CT molecular complexity index is 1250. The Morgan fingerprint density at radius 1 is 1.09 bits per heavy atom. The first-order valence-corrected chi connectivity index (χ1v) is 11.1. The standard InChI is InChI=1S/C25H22Cl2N2O3/c1-3-15(2)16-4-8-19(9-5-16)31-14-24(30)28-18-7-11-23-22(13-18)29-25(32-23)20-12-17(26)6-10-21(20)27/h4-13,15H,3,14H2,1-2H3,(H,28,30). The van der Waals surface area contributed by atoms with Gasteiger partial charge in [-0.1, -0.05) is 49.2 Å². The lowest BCUT2D eigenvalue weighted by molar-refractivity contribution is -0.118. The normalized spacial score (nSPS) is 12.0. The number of anilines is 1. The Balaban J connectivity index is 1.41. The van der Waals surface area contributed by atoms with Gasteiger partial charge in [-0.05, 0) is 66.4 Å². The zero-order valence-corrected chi connectivity index (χ0v) is 19.2. The van der Waals surface area contributed by atoms with Crippen molar-refractivity contribution in [3.63, 3.8) is 0 Å². The Morgan fingerprint density at radius 2 is 1.88 bits per heavy atom. The number of carbonyl (C=O) groups excluding carboxylic acids is 1. The molecule has 4 rings (SSSR count). The van der Waals surface area contributed by atoms with Crippen LogP contribution in [-0.4, -0.2) is 17.5 Å². The predicted octanol–water partition coefficient (Wildman–Crippen LogP) is 7.33. The van der Waals surface area contributed by atoms with Crippen LogP contribution in [0, 0.1) is 0 Å². The van der Waals surface area contributed by atoms with Gasteiger partial charge in [0.1, 0.15) is 11.3 Å². The van der Waals surface area contributed by atoms with Gasteiger partial charge in [-0.15, -0.1) is 0 Å². The molecule has 164 valence electrons. The number of halogens is 2. The number of amides is 1. The molecule has 1 heterocycles. The lowest BCUT2D eigenvalue weighted by Crippen LogP contribution is -2.20. The SMILES string of the molecule is CCC(C)c1ccc(OCC(=O)Nc2ccc3oc(-c4cc(Cl)ccc4Cl)nc3c2)cc1. The van der Waals surface area contributed by atoms with Gasteiger partial charge in [-0.3, -0.25) is 4.79 Å². The number of aromatic nitrogens is 1. The van der Waals surface area contributed by atoms with E-state index >= 15 is 0 Å². The topological polar surface area (TPSA) is 64.4 Å². The zero-order chi connectivity index (χ0) is 22.7. The molecule has 1 amide bonds. The molecule has 0 aliphatic heterocycles. The van der Waals surface area contributed by atoms with E-state index in [9.17, 15) is 4.79 Å². The number of hydrogen-bond donors (Lipinski definition) is 1. The van der Waals surface area contributed by atoms with Gasteiger partial charge in [-0.2, -0.15) is 0 Å². The second kappa shape index (κ2) is 9.63. The summed E-state index contributed by atoms with van der Waals surface area (Å²) in [6.45, 7) is 4.24. The quantitative estimate of drug-likeness (QED) is 0.308. The van der Waals surface area contributed by atoms with Crippen molar-refractivity contribution < 1.29 is 13.9 Å². The number of hydrogen-bond acceptors (Lipinski definition) is 4. The number of nitrogens with one attached hydrogen (secondary N) is 1. The van der Waals surface area contributed by atoms with E-state index in [1.165, 1.54) is 5.56 Å². The van der Waals surface area contributed by atoms with Crippen LogP contribution in [0.15, 0.2) is 65.1 Å². The molecule has 1 atom stereocenters. The summed E-state index contributed by atoms with van der Waals surface area (Å²) in [5.41, 5.74) is 3.62. The molecule has 4 aromatic rings. The second-order valence-corrected chi connectivity index (χ2v) is 8.38. The summed E-state index contributed by atoms with van der Waals surface area (Å²) >= 11 is 12.3. The van der Waals surface area contributed by atoms with E-state index in [2.05, 4.69) is 24.1 Å². The van der Waals surface area contributed by atoms with Crippen LogP contribution < -0.4 is 10.1 Å². The Labute approximate surface area is 196 Å². The van der Waals surface area contributed by atoms with Crippen molar-refractivity contribution in [1.29, 1.82) is 0 Å².